The second kappa shape index (κ2) is 5.30. The molecule has 0 aliphatic rings. The van der Waals surface area contributed by atoms with Gasteiger partial charge in [-0.05, 0) is 18.2 Å². The Hall–Kier alpha value is -2.40. The normalized spacial score (nSPS) is 11.4. The lowest BCUT2D eigenvalue weighted by Gasteiger charge is -2.06. The van der Waals surface area contributed by atoms with Gasteiger partial charge in [0, 0.05) is 0 Å². The molecule has 1 aromatic carbocycles. The van der Waals surface area contributed by atoms with Crippen LogP contribution in [0.25, 0.3) is 0 Å². The first kappa shape index (κ1) is 14.0. The Bertz CT molecular complexity index is 731. The summed E-state index contributed by atoms with van der Waals surface area (Å²) in [6.07, 6.45) is 0. The van der Waals surface area contributed by atoms with Crippen LogP contribution in [0.2, 0.25) is 0 Å². The SMILES string of the molecule is O=C(O)c1cc(S(=O)(=O)NCc2nn[nH]n2)ccc1F. The zero-order valence-corrected chi connectivity index (χ0v) is 10.6. The lowest BCUT2D eigenvalue weighted by atomic mass is 10.2. The van der Waals surface area contributed by atoms with E-state index in [0.29, 0.717) is 0 Å². The minimum absolute atomic E-state index is 0.106. The van der Waals surface area contributed by atoms with Crippen LogP contribution in [0.15, 0.2) is 23.1 Å². The monoisotopic (exact) mass is 301 g/mol. The number of aromatic nitrogens is 4. The van der Waals surface area contributed by atoms with Gasteiger partial charge in [0.05, 0.1) is 17.0 Å². The summed E-state index contributed by atoms with van der Waals surface area (Å²) in [5.74, 6) is -2.47. The molecule has 0 bridgehead atoms. The molecule has 106 valence electrons. The van der Waals surface area contributed by atoms with Gasteiger partial charge in [0.15, 0.2) is 5.82 Å². The lowest BCUT2D eigenvalue weighted by Crippen LogP contribution is -2.24. The number of nitrogens with zero attached hydrogens (tertiary/aromatic N) is 3. The van der Waals surface area contributed by atoms with Gasteiger partial charge in [0.25, 0.3) is 0 Å². The molecule has 0 saturated heterocycles. The maximum Gasteiger partial charge on any atom is 0.338 e. The van der Waals surface area contributed by atoms with E-state index in [1.807, 2.05) is 0 Å². The van der Waals surface area contributed by atoms with E-state index in [4.69, 9.17) is 5.11 Å². The number of sulfonamides is 1. The van der Waals surface area contributed by atoms with Crippen LogP contribution in [0.4, 0.5) is 4.39 Å². The molecular formula is C9H8FN5O4S. The Morgan fingerprint density at radius 2 is 2.20 bits per heavy atom. The van der Waals surface area contributed by atoms with Crippen molar-refractivity contribution in [3.8, 4) is 0 Å². The van der Waals surface area contributed by atoms with Crippen molar-refractivity contribution in [2.45, 2.75) is 11.4 Å². The van der Waals surface area contributed by atoms with Crippen molar-refractivity contribution in [3.05, 3.63) is 35.4 Å². The van der Waals surface area contributed by atoms with Crippen molar-refractivity contribution < 1.29 is 22.7 Å². The van der Waals surface area contributed by atoms with E-state index in [9.17, 15) is 17.6 Å². The number of aromatic carboxylic acids is 1. The molecule has 3 N–H and O–H groups in total. The molecule has 0 unspecified atom stereocenters. The Morgan fingerprint density at radius 1 is 1.45 bits per heavy atom. The summed E-state index contributed by atoms with van der Waals surface area (Å²) >= 11 is 0. The average molecular weight is 301 g/mol. The molecule has 0 saturated carbocycles. The van der Waals surface area contributed by atoms with Crippen LogP contribution < -0.4 is 4.72 Å². The number of carboxylic acid groups (broad SMARTS) is 1. The molecule has 20 heavy (non-hydrogen) atoms. The van der Waals surface area contributed by atoms with Crippen LogP contribution in [0, 0.1) is 5.82 Å². The summed E-state index contributed by atoms with van der Waals surface area (Å²) in [6, 6.07) is 2.46. The first-order valence-corrected chi connectivity index (χ1v) is 6.63. The third-order valence-corrected chi connectivity index (χ3v) is 3.69. The molecular weight excluding hydrogens is 293 g/mol. The van der Waals surface area contributed by atoms with Gasteiger partial charge in [-0.3, -0.25) is 0 Å². The first-order chi connectivity index (χ1) is 9.40. The van der Waals surface area contributed by atoms with Crippen LogP contribution in [0.5, 0.6) is 0 Å². The second-order valence-corrected chi connectivity index (χ2v) is 5.37. The average Bonchev–Trinajstić information content (AvgIpc) is 2.89. The van der Waals surface area contributed by atoms with Gasteiger partial charge in [-0.25, -0.2) is 22.3 Å². The number of carbonyl (C=O) groups is 1. The molecule has 0 aliphatic carbocycles. The van der Waals surface area contributed by atoms with Gasteiger partial charge >= 0.3 is 5.97 Å². The van der Waals surface area contributed by atoms with E-state index in [2.05, 4.69) is 25.3 Å². The second-order valence-electron chi connectivity index (χ2n) is 3.60. The molecule has 0 spiro atoms. The third-order valence-electron chi connectivity index (χ3n) is 2.29. The largest absolute Gasteiger partial charge is 0.478 e. The minimum Gasteiger partial charge on any atom is -0.478 e. The van der Waals surface area contributed by atoms with E-state index < -0.39 is 27.4 Å². The molecule has 0 amide bonds. The maximum atomic E-state index is 13.2. The third kappa shape index (κ3) is 2.95. The number of hydrogen-bond acceptors (Lipinski definition) is 6. The summed E-state index contributed by atoms with van der Waals surface area (Å²) in [7, 11) is -4.01. The first-order valence-electron chi connectivity index (χ1n) is 5.15. The topological polar surface area (TPSA) is 138 Å². The summed E-state index contributed by atoms with van der Waals surface area (Å²) in [6.45, 7) is -0.237. The highest BCUT2D eigenvalue weighted by molar-refractivity contribution is 7.89. The smallest absolute Gasteiger partial charge is 0.338 e. The van der Waals surface area contributed by atoms with Crippen molar-refractivity contribution in [2.75, 3.05) is 0 Å². The Labute approximate surface area is 111 Å². The lowest BCUT2D eigenvalue weighted by molar-refractivity contribution is 0.0691. The van der Waals surface area contributed by atoms with Gasteiger partial charge in [0.2, 0.25) is 10.0 Å². The molecule has 0 radical (unpaired) electrons. The summed E-state index contributed by atoms with van der Waals surface area (Å²) in [4.78, 5) is 10.4. The molecule has 9 nitrogen and oxygen atoms in total. The number of carboxylic acids is 1. The van der Waals surface area contributed by atoms with Crippen LogP contribution in [0.1, 0.15) is 16.2 Å². The highest BCUT2D eigenvalue weighted by Crippen LogP contribution is 2.15. The number of nitrogens with one attached hydrogen (secondary N) is 2. The van der Waals surface area contributed by atoms with Crippen LogP contribution >= 0.6 is 0 Å². The van der Waals surface area contributed by atoms with Gasteiger partial charge < -0.3 is 5.11 Å². The quantitative estimate of drug-likeness (QED) is 0.677. The van der Waals surface area contributed by atoms with E-state index in [1.54, 1.807) is 0 Å². The van der Waals surface area contributed by atoms with Gasteiger partial charge in [-0.2, -0.15) is 5.21 Å². The van der Waals surface area contributed by atoms with Crippen molar-refractivity contribution in [1.82, 2.24) is 25.3 Å². The van der Waals surface area contributed by atoms with Gasteiger partial charge in [-0.15, -0.1) is 10.2 Å². The van der Waals surface area contributed by atoms with Crippen molar-refractivity contribution in [3.63, 3.8) is 0 Å². The van der Waals surface area contributed by atoms with E-state index in [-0.39, 0.29) is 17.3 Å². The van der Waals surface area contributed by atoms with Crippen LogP contribution in [-0.4, -0.2) is 40.1 Å². The van der Waals surface area contributed by atoms with Crippen molar-refractivity contribution >= 4 is 16.0 Å². The maximum absolute atomic E-state index is 13.2. The summed E-state index contributed by atoms with van der Waals surface area (Å²) in [5, 5.41) is 21.2. The van der Waals surface area contributed by atoms with Gasteiger partial charge in [-0.1, -0.05) is 5.21 Å². The molecule has 0 fully saturated rings. The predicted octanol–water partition coefficient (Wildman–Crippen LogP) is -0.485. The van der Waals surface area contributed by atoms with Crippen molar-refractivity contribution in [1.29, 1.82) is 0 Å². The Balaban J connectivity index is 2.25. The number of H-pyrrole nitrogens is 1. The fourth-order valence-electron chi connectivity index (χ4n) is 1.34. The number of halogens is 1. The fraction of sp³-hybridized carbons (Fsp3) is 0.111. The molecule has 0 aliphatic heterocycles. The van der Waals surface area contributed by atoms with Gasteiger partial charge in [0.1, 0.15) is 5.82 Å². The fourth-order valence-corrected chi connectivity index (χ4v) is 2.34. The number of aromatic amines is 1. The van der Waals surface area contributed by atoms with Crippen LogP contribution in [0.3, 0.4) is 0 Å². The minimum atomic E-state index is -4.01. The van der Waals surface area contributed by atoms with E-state index >= 15 is 0 Å². The zero-order valence-electron chi connectivity index (χ0n) is 9.74. The Kier molecular flexibility index (Phi) is 3.72. The number of benzene rings is 1. The predicted molar refractivity (Wildman–Crippen MR) is 61.6 cm³/mol. The summed E-state index contributed by atoms with van der Waals surface area (Å²) in [5.41, 5.74) is -0.729. The van der Waals surface area contributed by atoms with E-state index in [1.165, 1.54) is 0 Å². The van der Waals surface area contributed by atoms with Crippen molar-refractivity contribution in [2.24, 2.45) is 0 Å². The summed E-state index contributed by atoms with van der Waals surface area (Å²) < 4.78 is 39.1. The Morgan fingerprint density at radius 3 is 2.80 bits per heavy atom. The molecule has 2 rings (SSSR count). The number of tetrazole rings is 1. The van der Waals surface area contributed by atoms with Crippen LogP contribution in [-0.2, 0) is 16.6 Å². The molecule has 11 heteroatoms. The zero-order chi connectivity index (χ0) is 14.8. The molecule has 2 aromatic rings. The standard InChI is InChI=1S/C9H8FN5O4S/c10-7-2-1-5(3-6(7)9(16)17)20(18,19)11-4-8-12-14-15-13-8/h1-3,11H,4H2,(H,16,17)(H,12,13,14,15). The molecule has 0 atom stereocenters. The highest BCUT2D eigenvalue weighted by atomic mass is 32.2. The number of rotatable bonds is 5. The molecule has 1 aromatic heterocycles. The van der Waals surface area contributed by atoms with E-state index in [0.717, 1.165) is 18.2 Å². The number of hydrogen-bond donors (Lipinski definition) is 3. The highest BCUT2D eigenvalue weighted by Gasteiger charge is 2.19. The molecule has 1 heterocycles.